The van der Waals surface area contributed by atoms with Gasteiger partial charge in [0.05, 0.1) is 12.4 Å². The van der Waals surface area contributed by atoms with Crippen molar-refractivity contribution in [3.63, 3.8) is 0 Å². The number of carboxylic acid groups (broad SMARTS) is 1. The van der Waals surface area contributed by atoms with Crippen LogP contribution in [0.3, 0.4) is 0 Å². The minimum absolute atomic E-state index is 0.0503. The maximum atomic E-state index is 11.7. The number of carboxylic acids is 1. The van der Waals surface area contributed by atoms with Gasteiger partial charge in [-0.3, -0.25) is 4.79 Å². The molecule has 1 heterocycles. The topological polar surface area (TPSA) is 92.7 Å². The molecule has 0 aromatic rings. The van der Waals surface area contributed by atoms with Crippen LogP contribution in [0.4, 0.5) is 0 Å². The first kappa shape index (κ1) is 13.4. The van der Waals surface area contributed by atoms with E-state index >= 15 is 0 Å². The van der Waals surface area contributed by atoms with Gasteiger partial charge in [0.1, 0.15) is 0 Å². The van der Waals surface area contributed by atoms with Crippen molar-refractivity contribution in [1.82, 2.24) is 4.72 Å². The van der Waals surface area contributed by atoms with Gasteiger partial charge in [-0.2, -0.15) is 4.72 Å². The van der Waals surface area contributed by atoms with Gasteiger partial charge >= 0.3 is 5.97 Å². The molecule has 1 unspecified atom stereocenters. The lowest BCUT2D eigenvalue weighted by Crippen LogP contribution is -2.55. The molecule has 0 radical (unpaired) electrons. The van der Waals surface area contributed by atoms with Crippen molar-refractivity contribution >= 4 is 16.0 Å². The van der Waals surface area contributed by atoms with Gasteiger partial charge in [0.2, 0.25) is 10.0 Å². The van der Waals surface area contributed by atoms with E-state index in [1.54, 1.807) is 13.8 Å². The molecule has 2 N–H and O–H groups in total. The van der Waals surface area contributed by atoms with E-state index in [1.807, 2.05) is 0 Å². The molecule has 0 amide bonds. The number of nitrogens with one attached hydrogen (secondary N) is 1. The highest BCUT2D eigenvalue weighted by Gasteiger charge is 2.45. The van der Waals surface area contributed by atoms with E-state index in [2.05, 4.69) is 4.72 Å². The summed E-state index contributed by atoms with van der Waals surface area (Å²) in [6.07, 6.45) is 0.166. The molecule has 1 saturated heterocycles. The van der Waals surface area contributed by atoms with E-state index in [1.165, 1.54) is 0 Å². The molecule has 0 bridgehead atoms. The Morgan fingerprint density at radius 1 is 1.56 bits per heavy atom. The quantitative estimate of drug-likeness (QED) is 0.706. The molecule has 16 heavy (non-hydrogen) atoms. The standard InChI is InChI=1S/C9H17NO5S/c1-7(2)5-16(13,14)10-9(8(11)12)3-4-15-6-9/h7,10H,3-6H2,1-2H3,(H,11,12). The van der Waals surface area contributed by atoms with Gasteiger partial charge in [-0.15, -0.1) is 0 Å². The van der Waals surface area contributed by atoms with Crippen LogP contribution in [0.2, 0.25) is 0 Å². The average Bonchev–Trinajstić information content (AvgIpc) is 2.50. The Morgan fingerprint density at radius 2 is 2.19 bits per heavy atom. The Kier molecular flexibility index (Phi) is 3.92. The second-order valence-electron chi connectivity index (χ2n) is 4.47. The molecule has 0 spiro atoms. The summed E-state index contributed by atoms with van der Waals surface area (Å²) in [4.78, 5) is 11.1. The van der Waals surface area contributed by atoms with Gasteiger partial charge < -0.3 is 9.84 Å². The zero-order valence-electron chi connectivity index (χ0n) is 9.39. The molecule has 1 aliphatic heterocycles. The zero-order chi connectivity index (χ0) is 12.4. The molecule has 6 nitrogen and oxygen atoms in total. The van der Waals surface area contributed by atoms with E-state index in [0.29, 0.717) is 0 Å². The van der Waals surface area contributed by atoms with Crippen LogP contribution in [0.25, 0.3) is 0 Å². The molecular formula is C9H17NO5S. The van der Waals surface area contributed by atoms with Crippen LogP contribution in [0, 0.1) is 5.92 Å². The zero-order valence-corrected chi connectivity index (χ0v) is 10.2. The lowest BCUT2D eigenvalue weighted by atomic mass is 10.0. The fraction of sp³-hybridized carbons (Fsp3) is 0.889. The highest BCUT2D eigenvalue weighted by atomic mass is 32.2. The third-order valence-corrected chi connectivity index (χ3v) is 4.14. The summed E-state index contributed by atoms with van der Waals surface area (Å²) in [5.74, 6) is -1.31. The monoisotopic (exact) mass is 251 g/mol. The Bertz CT molecular complexity index is 356. The molecule has 0 aromatic carbocycles. The first-order valence-corrected chi connectivity index (χ1v) is 6.75. The Balaban J connectivity index is 2.81. The van der Waals surface area contributed by atoms with Crippen LogP contribution >= 0.6 is 0 Å². The number of ether oxygens (including phenoxy) is 1. The fourth-order valence-corrected chi connectivity index (χ4v) is 3.44. The first-order chi connectivity index (χ1) is 7.27. The summed E-state index contributed by atoms with van der Waals surface area (Å²) >= 11 is 0. The number of rotatable bonds is 5. The largest absolute Gasteiger partial charge is 0.480 e. The van der Waals surface area contributed by atoms with Crippen molar-refractivity contribution in [2.45, 2.75) is 25.8 Å². The van der Waals surface area contributed by atoms with Gasteiger partial charge in [0.25, 0.3) is 0 Å². The van der Waals surface area contributed by atoms with E-state index < -0.39 is 21.5 Å². The van der Waals surface area contributed by atoms with Crippen LogP contribution in [0.15, 0.2) is 0 Å². The van der Waals surface area contributed by atoms with Crippen LogP contribution in [0.1, 0.15) is 20.3 Å². The third kappa shape index (κ3) is 3.16. The summed E-state index contributed by atoms with van der Waals surface area (Å²) in [7, 11) is -3.58. The highest BCUT2D eigenvalue weighted by Crippen LogP contribution is 2.20. The second-order valence-corrected chi connectivity index (χ2v) is 6.23. The molecule has 1 aliphatic rings. The van der Waals surface area contributed by atoms with Crippen molar-refractivity contribution < 1.29 is 23.1 Å². The van der Waals surface area contributed by atoms with Gasteiger partial charge in [0, 0.05) is 13.0 Å². The summed E-state index contributed by atoms with van der Waals surface area (Å²) in [5, 5.41) is 9.05. The number of hydrogen-bond acceptors (Lipinski definition) is 4. The Hall–Kier alpha value is -0.660. The minimum atomic E-state index is -3.58. The maximum Gasteiger partial charge on any atom is 0.327 e. The molecular weight excluding hydrogens is 234 g/mol. The number of hydrogen-bond donors (Lipinski definition) is 2. The summed E-state index contributed by atoms with van der Waals surface area (Å²) in [5.41, 5.74) is -1.48. The molecule has 1 atom stereocenters. The van der Waals surface area contributed by atoms with Crippen molar-refractivity contribution in [1.29, 1.82) is 0 Å². The number of aliphatic carboxylic acids is 1. The molecule has 0 aliphatic carbocycles. The molecule has 1 fully saturated rings. The smallest absolute Gasteiger partial charge is 0.327 e. The SMILES string of the molecule is CC(C)CS(=O)(=O)NC1(C(=O)O)CCOC1. The van der Waals surface area contributed by atoms with Gasteiger partial charge in [0.15, 0.2) is 5.54 Å². The summed E-state index contributed by atoms with van der Waals surface area (Å²) in [6, 6.07) is 0. The normalized spacial score (nSPS) is 26.2. The van der Waals surface area contributed by atoms with Crippen molar-refractivity contribution in [2.24, 2.45) is 5.92 Å². The number of carbonyl (C=O) groups is 1. The molecule has 1 rings (SSSR count). The van der Waals surface area contributed by atoms with E-state index in [0.717, 1.165) is 0 Å². The second kappa shape index (κ2) is 4.68. The van der Waals surface area contributed by atoms with E-state index in [-0.39, 0.29) is 31.3 Å². The maximum absolute atomic E-state index is 11.7. The van der Waals surface area contributed by atoms with Crippen molar-refractivity contribution in [2.75, 3.05) is 19.0 Å². The van der Waals surface area contributed by atoms with E-state index in [4.69, 9.17) is 9.84 Å². The van der Waals surface area contributed by atoms with Crippen LogP contribution in [-0.2, 0) is 19.6 Å². The first-order valence-electron chi connectivity index (χ1n) is 5.10. The lowest BCUT2D eigenvalue weighted by molar-refractivity contribution is -0.144. The van der Waals surface area contributed by atoms with Crippen LogP contribution < -0.4 is 4.72 Å². The highest BCUT2D eigenvalue weighted by molar-refractivity contribution is 7.89. The predicted octanol–water partition coefficient (Wildman–Crippen LogP) is -0.194. The van der Waals surface area contributed by atoms with Crippen molar-refractivity contribution in [3.8, 4) is 0 Å². The van der Waals surface area contributed by atoms with Gasteiger partial charge in [-0.1, -0.05) is 13.8 Å². The van der Waals surface area contributed by atoms with Gasteiger partial charge in [-0.25, -0.2) is 8.42 Å². The van der Waals surface area contributed by atoms with Crippen LogP contribution in [-0.4, -0.2) is 44.0 Å². The lowest BCUT2D eigenvalue weighted by Gasteiger charge is -2.23. The Morgan fingerprint density at radius 3 is 2.56 bits per heavy atom. The molecule has 0 aromatic heterocycles. The van der Waals surface area contributed by atoms with E-state index in [9.17, 15) is 13.2 Å². The predicted molar refractivity (Wildman–Crippen MR) is 57.6 cm³/mol. The summed E-state index contributed by atoms with van der Waals surface area (Å²) < 4.78 is 30.6. The summed E-state index contributed by atoms with van der Waals surface area (Å²) in [6.45, 7) is 3.67. The molecule has 94 valence electrons. The average molecular weight is 251 g/mol. The number of sulfonamides is 1. The minimum Gasteiger partial charge on any atom is -0.480 e. The van der Waals surface area contributed by atoms with Crippen LogP contribution in [0.5, 0.6) is 0 Å². The molecule has 7 heteroatoms. The Labute approximate surface area is 95.0 Å². The van der Waals surface area contributed by atoms with Crippen molar-refractivity contribution in [3.05, 3.63) is 0 Å². The molecule has 0 saturated carbocycles. The fourth-order valence-electron chi connectivity index (χ4n) is 1.64. The van der Waals surface area contributed by atoms with Gasteiger partial charge in [-0.05, 0) is 5.92 Å². The third-order valence-electron chi connectivity index (χ3n) is 2.33.